The first-order chi connectivity index (χ1) is 8.40. The molecule has 1 aliphatic carbocycles. The Labute approximate surface area is 106 Å². The van der Waals surface area contributed by atoms with Gasteiger partial charge in [-0.2, -0.15) is 0 Å². The van der Waals surface area contributed by atoms with Gasteiger partial charge in [0.2, 0.25) is 0 Å². The summed E-state index contributed by atoms with van der Waals surface area (Å²) in [6.45, 7) is 4.44. The molecule has 0 aromatic heterocycles. The average Bonchev–Trinajstić information content (AvgIpc) is 3.19. The zero-order valence-corrected chi connectivity index (χ0v) is 11.0. The summed E-state index contributed by atoms with van der Waals surface area (Å²) in [6, 6.07) is 9.19. The topological polar surface area (TPSA) is 12.0 Å². The van der Waals surface area contributed by atoms with Gasteiger partial charge in [0.1, 0.15) is 0 Å². The summed E-state index contributed by atoms with van der Waals surface area (Å²) in [5.41, 5.74) is 2.96. The van der Waals surface area contributed by atoms with Crippen molar-refractivity contribution in [2.45, 2.75) is 57.9 Å². The first kappa shape index (κ1) is 12.6. The number of unbranched alkanes of at least 4 members (excludes halogenated alkanes) is 3. The second-order valence-electron chi connectivity index (χ2n) is 5.25. The van der Waals surface area contributed by atoms with E-state index in [1.54, 1.807) is 0 Å². The normalized spacial score (nSPS) is 15.1. The van der Waals surface area contributed by atoms with Gasteiger partial charge in [-0.15, -0.1) is 0 Å². The summed E-state index contributed by atoms with van der Waals surface area (Å²) >= 11 is 0. The van der Waals surface area contributed by atoms with Crippen molar-refractivity contribution < 1.29 is 0 Å². The zero-order valence-electron chi connectivity index (χ0n) is 11.0. The van der Waals surface area contributed by atoms with E-state index in [-0.39, 0.29) is 0 Å². The van der Waals surface area contributed by atoms with E-state index >= 15 is 0 Å². The Balaban J connectivity index is 1.61. The third kappa shape index (κ3) is 4.51. The minimum absolute atomic E-state index is 0.881. The number of hydrogen-bond donors (Lipinski definition) is 1. The summed E-state index contributed by atoms with van der Waals surface area (Å²) in [5.74, 6) is 0.881. The van der Waals surface area contributed by atoms with Gasteiger partial charge in [-0.3, -0.25) is 0 Å². The molecule has 1 saturated carbocycles. The van der Waals surface area contributed by atoms with Crippen LogP contribution in [0, 0.1) is 0 Å². The lowest BCUT2D eigenvalue weighted by atomic mass is 10.1. The third-order valence-electron chi connectivity index (χ3n) is 3.56. The van der Waals surface area contributed by atoms with E-state index in [4.69, 9.17) is 0 Å². The van der Waals surface area contributed by atoms with E-state index in [0.717, 1.165) is 19.0 Å². The van der Waals surface area contributed by atoms with Crippen LogP contribution in [0.3, 0.4) is 0 Å². The number of nitrogens with one attached hydrogen (secondary N) is 1. The molecule has 1 nitrogen and oxygen atoms in total. The van der Waals surface area contributed by atoms with E-state index in [1.165, 1.54) is 49.7 Å². The number of hydrogen-bond acceptors (Lipinski definition) is 1. The Hall–Kier alpha value is -0.820. The SMILES string of the molecule is CCCCCCNCc1ccc(C2CC2)cc1. The zero-order chi connectivity index (χ0) is 11.9. The maximum Gasteiger partial charge on any atom is 0.0205 e. The van der Waals surface area contributed by atoms with E-state index in [2.05, 4.69) is 36.5 Å². The highest BCUT2D eigenvalue weighted by Gasteiger charge is 2.22. The lowest BCUT2D eigenvalue weighted by Crippen LogP contribution is -2.14. The van der Waals surface area contributed by atoms with Crippen LogP contribution in [-0.4, -0.2) is 6.54 Å². The molecule has 0 spiro atoms. The summed E-state index contributed by atoms with van der Waals surface area (Å²) in [4.78, 5) is 0. The minimum atomic E-state index is 0.881. The van der Waals surface area contributed by atoms with Gasteiger partial charge in [-0.1, -0.05) is 50.5 Å². The lowest BCUT2D eigenvalue weighted by Gasteiger charge is -2.05. The highest BCUT2D eigenvalue weighted by molar-refractivity contribution is 5.27. The van der Waals surface area contributed by atoms with Crippen LogP contribution >= 0.6 is 0 Å². The van der Waals surface area contributed by atoms with Gasteiger partial charge in [-0.05, 0) is 42.9 Å². The van der Waals surface area contributed by atoms with Crippen LogP contribution in [0.5, 0.6) is 0 Å². The molecule has 0 radical (unpaired) electrons. The Morgan fingerprint density at radius 2 is 1.82 bits per heavy atom. The van der Waals surface area contributed by atoms with Gasteiger partial charge in [0.15, 0.2) is 0 Å². The standard InChI is InChI=1S/C16H25N/c1-2-3-4-5-12-17-13-14-6-8-15(9-7-14)16-10-11-16/h6-9,16-17H,2-5,10-13H2,1H3. The summed E-state index contributed by atoms with van der Waals surface area (Å²) in [5, 5.41) is 3.52. The van der Waals surface area contributed by atoms with Crippen molar-refractivity contribution in [1.82, 2.24) is 5.32 Å². The molecule has 1 aliphatic rings. The maximum absolute atomic E-state index is 3.52. The van der Waals surface area contributed by atoms with Crippen LogP contribution in [0.25, 0.3) is 0 Å². The second-order valence-corrected chi connectivity index (χ2v) is 5.25. The van der Waals surface area contributed by atoms with Crippen LogP contribution in [0.15, 0.2) is 24.3 Å². The fourth-order valence-electron chi connectivity index (χ4n) is 2.23. The van der Waals surface area contributed by atoms with Gasteiger partial charge in [0.05, 0.1) is 0 Å². The number of rotatable bonds is 8. The number of benzene rings is 1. The molecule has 2 rings (SSSR count). The quantitative estimate of drug-likeness (QED) is 0.660. The van der Waals surface area contributed by atoms with E-state index in [0.29, 0.717) is 0 Å². The Bertz CT molecular complexity index is 311. The van der Waals surface area contributed by atoms with E-state index < -0.39 is 0 Å². The van der Waals surface area contributed by atoms with Crippen LogP contribution in [0.1, 0.15) is 62.5 Å². The Morgan fingerprint density at radius 3 is 2.47 bits per heavy atom. The van der Waals surface area contributed by atoms with Gasteiger partial charge < -0.3 is 5.32 Å². The van der Waals surface area contributed by atoms with Gasteiger partial charge in [0, 0.05) is 6.54 Å². The molecule has 1 N–H and O–H groups in total. The van der Waals surface area contributed by atoms with Gasteiger partial charge in [0.25, 0.3) is 0 Å². The lowest BCUT2D eigenvalue weighted by molar-refractivity contribution is 0.598. The molecule has 0 heterocycles. The van der Waals surface area contributed by atoms with Crippen LogP contribution in [0.4, 0.5) is 0 Å². The Kier molecular flexibility index (Phi) is 5.06. The van der Waals surface area contributed by atoms with E-state index in [1.807, 2.05) is 0 Å². The van der Waals surface area contributed by atoms with Crippen LogP contribution in [0.2, 0.25) is 0 Å². The van der Waals surface area contributed by atoms with Crippen LogP contribution in [-0.2, 0) is 6.54 Å². The van der Waals surface area contributed by atoms with Crippen molar-refractivity contribution in [1.29, 1.82) is 0 Å². The summed E-state index contributed by atoms with van der Waals surface area (Å²) in [6.07, 6.45) is 8.17. The molecule has 1 aromatic carbocycles. The minimum Gasteiger partial charge on any atom is -0.313 e. The Morgan fingerprint density at radius 1 is 1.06 bits per heavy atom. The van der Waals surface area contributed by atoms with Crippen molar-refractivity contribution in [2.24, 2.45) is 0 Å². The molecule has 0 bridgehead atoms. The molecule has 1 heteroatoms. The molecule has 1 fully saturated rings. The summed E-state index contributed by atoms with van der Waals surface area (Å²) in [7, 11) is 0. The van der Waals surface area contributed by atoms with Gasteiger partial charge in [-0.25, -0.2) is 0 Å². The smallest absolute Gasteiger partial charge is 0.0205 e. The van der Waals surface area contributed by atoms with Gasteiger partial charge >= 0.3 is 0 Å². The van der Waals surface area contributed by atoms with Crippen LogP contribution < -0.4 is 5.32 Å². The maximum atomic E-state index is 3.52. The van der Waals surface area contributed by atoms with Crippen molar-refractivity contribution >= 4 is 0 Å². The highest BCUT2D eigenvalue weighted by Crippen LogP contribution is 2.39. The molecule has 1 aromatic rings. The predicted octanol–water partition coefficient (Wildman–Crippen LogP) is 4.23. The molecule has 0 amide bonds. The first-order valence-electron chi connectivity index (χ1n) is 7.19. The second kappa shape index (κ2) is 6.80. The average molecular weight is 231 g/mol. The molecule has 94 valence electrons. The first-order valence-corrected chi connectivity index (χ1v) is 7.19. The molecular weight excluding hydrogens is 206 g/mol. The fourth-order valence-corrected chi connectivity index (χ4v) is 2.23. The third-order valence-corrected chi connectivity index (χ3v) is 3.56. The molecule has 0 saturated heterocycles. The fraction of sp³-hybridized carbons (Fsp3) is 0.625. The van der Waals surface area contributed by atoms with Crippen molar-refractivity contribution in [2.75, 3.05) is 6.54 Å². The highest BCUT2D eigenvalue weighted by atomic mass is 14.8. The predicted molar refractivity (Wildman–Crippen MR) is 74.3 cm³/mol. The van der Waals surface area contributed by atoms with Crippen molar-refractivity contribution in [3.8, 4) is 0 Å². The molecule has 0 aliphatic heterocycles. The molecule has 17 heavy (non-hydrogen) atoms. The molecule has 0 unspecified atom stereocenters. The largest absolute Gasteiger partial charge is 0.313 e. The molecule has 0 atom stereocenters. The van der Waals surface area contributed by atoms with Crippen molar-refractivity contribution in [3.63, 3.8) is 0 Å². The van der Waals surface area contributed by atoms with Crippen molar-refractivity contribution in [3.05, 3.63) is 35.4 Å². The van der Waals surface area contributed by atoms with E-state index in [9.17, 15) is 0 Å². The molecular formula is C16H25N. The summed E-state index contributed by atoms with van der Waals surface area (Å²) < 4.78 is 0. The monoisotopic (exact) mass is 231 g/mol.